The predicted molar refractivity (Wildman–Crippen MR) is 97.5 cm³/mol. The number of amides is 2. The van der Waals surface area contributed by atoms with Crippen molar-refractivity contribution in [2.75, 3.05) is 25.5 Å². The van der Waals surface area contributed by atoms with Gasteiger partial charge in [0.15, 0.2) is 0 Å². The molecule has 1 aliphatic carbocycles. The van der Waals surface area contributed by atoms with Gasteiger partial charge in [-0.15, -0.1) is 12.4 Å². The summed E-state index contributed by atoms with van der Waals surface area (Å²) in [5, 5.41) is 6.15. The Labute approximate surface area is 162 Å². The lowest BCUT2D eigenvalue weighted by Gasteiger charge is -2.23. The molecular weight excluding hydrogens is 383 g/mol. The maximum absolute atomic E-state index is 12.5. The van der Waals surface area contributed by atoms with E-state index in [2.05, 4.69) is 10.6 Å². The van der Waals surface area contributed by atoms with E-state index < -0.39 is 12.1 Å². The van der Waals surface area contributed by atoms with Crippen LogP contribution >= 0.6 is 12.4 Å². The van der Waals surface area contributed by atoms with Crippen molar-refractivity contribution in [3.63, 3.8) is 0 Å². The van der Waals surface area contributed by atoms with Crippen LogP contribution in [0.3, 0.4) is 0 Å². The number of hydrogen-bond donors (Lipinski definition) is 2. The molecule has 2 fully saturated rings. The minimum Gasteiger partial charge on any atom is -0.334 e. The molecule has 1 atom stereocenters. The summed E-state index contributed by atoms with van der Waals surface area (Å²) in [4.78, 5) is 24.3. The van der Waals surface area contributed by atoms with Gasteiger partial charge in [0, 0.05) is 25.2 Å². The van der Waals surface area contributed by atoms with Crippen molar-refractivity contribution in [3.8, 4) is 0 Å². The fourth-order valence-corrected chi connectivity index (χ4v) is 3.73. The number of piperidine rings is 1. The third-order valence-electron chi connectivity index (χ3n) is 5.31. The normalized spacial score (nSPS) is 20.5. The van der Waals surface area contributed by atoms with Crippen molar-refractivity contribution in [3.05, 3.63) is 29.8 Å². The number of anilines is 1. The molecule has 1 aliphatic heterocycles. The Kier molecular flexibility index (Phi) is 6.42. The van der Waals surface area contributed by atoms with Crippen LogP contribution in [0.15, 0.2) is 24.3 Å². The minimum absolute atomic E-state index is 0. The van der Waals surface area contributed by atoms with Gasteiger partial charge < -0.3 is 15.5 Å². The fraction of sp³-hybridized carbons (Fsp3) is 0.556. The number of benzene rings is 1. The molecule has 0 radical (unpaired) electrons. The molecule has 5 nitrogen and oxygen atoms in total. The van der Waals surface area contributed by atoms with E-state index >= 15 is 0 Å². The van der Waals surface area contributed by atoms with Crippen LogP contribution < -0.4 is 10.6 Å². The maximum Gasteiger partial charge on any atom is 0.471 e. The fourth-order valence-electron chi connectivity index (χ4n) is 3.73. The zero-order valence-corrected chi connectivity index (χ0v) is 15.8. The molecule has 1 unspecified atom stereocenters. The molecule has 3 rings (SSSR count). The Hall–Kier alpha value is -1.80. The second-order valence-electron chi connectivity index (χ2n) is 7.22. The van der Waals surface area contributed by atoms with Crippen LogP contribution in [0.25, 0.3) is 0 Å². The van der Waals surface area contributed by atoms with Gasteiger partial charge in [-0.05, 0) is 55.5 Å². The summed E-state index contributed by atoms with van der Waals surface area (Å²) in [5.74, 6) is -1.93. The lowest BCUT2D eigenvalue weighted by atomic mass is 9.92. The molecule has 1 heterocycles. The van der Waals surface area contributed by atoms with Gasteiger partial charge in [0.1, 0.15) is 0 Å². The first-order valence-electron chi connectivity index (χ1n) is 8.64. The quantitative estimate of drug-likeness (QED) is 0.809. The van der Waals surface area contributed by atoms with Crippen molar-refractivity contribution in [2.45, 2.75) is 32.0 Å². The van der Waals surface area contributed by atoms with Crippen LogP contribution in [-0.2, 0) is 16.1 Å². The maximum atomic E-state index is 12.5. The Bertz CT molecular complexity index is 705. The SMILES string of the molecule is CN(Cc1cccc(NC(=O)C2CC23CCNCC3)c1)C(=O)C(F)(F)F.Cl. The molecular formula is C18H23ClF3N3O2. The van der Waals surface area contributed by atoms with Gasteiger partial charge in [-0.2, -0.15) is 13.2 Å². The lowest BCUT2D eigenvalue weighted by molar-refractivity contribution is -0.184. The van der Waals surface area contributed by atoms with E-state index in [0.717, 1.165) is 39.4 Å². The number of carbonyl (C=O) groups excluding carboxylic acids is 2. The van der Waals surface area contributed by atoms with Crippen LogP contribution in [0.1, 0.15) is 24.8 Å². The average molecular weight is 406 g/mol. The van der Waals surface area contributed by atoms with Crippen molar-refractivity contribution in [1.29, 1.82) is 0 Å². The standard InChI is InChI=1S/C18H22F3N3O2.ClH/c1-24(16(26)18(19,20)21)11-12-3-2-4-13(9-12)23-15(25)14-10-17(14)5-7-22-8-6-17;/h2-4,9,14,22H,5-8,10-11H2,1H3,(H,23,25);1H. The predicted octanol–water partition coefficient (Wildman–Crippen LogP) is 2.96. The van der Waals surface area contributed by atoms with Crippen molar-refractivity contribution >= 4 is 29.9 Å². The zero-order chi connectivity index (χ0) is 18.9. The van der Waals surface area contributed by atoms with Crippen molar-refractivity contribution < 1.29 is 22.8 Å². The molecule has 0 bridgehead atoms. The van der Waals surface area contributed by atoms with Gasteiger partial charge in [0.05, 0.1) is 0 Å². The highest BCUT2D eigenvalue weighted by Gasteiger charge is 2.57. The number of carbonyl (C=O) groups is 2. The van der Waals surface area contributed by atoms with E-state index in [1.165, 1.54) is 0 Å². The molecule has 1 spiro atoms. The van der Waals surface area contributed by atoms with Gasteiger partial charge in [-0.3, -0.25) is 9.59 Å². The van der Waals surface area contributed by atoms with Gasteiger partial charge in [-0.1, -0.05) is 12.1 Å². The van der Waals surface area contributed by atoms with Gasteiger partial charge in [-0.25, -0.2) is 0 Å². The lowest BCUT2D eigenvalue weighted by Crippen LogP contribution is -2.37. The largest absolute Gasteiger partial charge is 0.471 e. The Morgan fingerprint density at radius 2 is 1.96 bits per heavy atom. The topological polar surface area (TPSA) is 61.4 Å². The molecule has 1 aromatic rings. The third kappa shape index (κ3) is 4.93. The number of rotatable bonds is 4. The van der Waals surface area contributed by atoms with Crippen LogP contribution in [0.2, 0.25) is 0 Å². The van der Waals surface area contributed by atoms with Crippen LogP contribution in [0.5, 0.6) is 0 Å². The summed E-state index contributed by atoms with van der Waals surface area (Å²) in [6.07, 6.45) is -2.01. The molecule has 1 saturated carbocycles. The number of halogens is 4. The number of nitrogens with one attached hydrogen (secondary N) is 2. The van der Waals surface area contributed by atoms with E-state index in [4.69, 9.17) is 0 Å². The highest BCUT2D eigenvalue weighted by atomic mass is 35.5. The number of alkyl halides is 3. The zero-order valence-electron chi connectivity index (χ0n) is 14.9. The van der Waals surface area contributed by atoms with E-state index in [1.807, 2.05) is 0 Å². The average Bonchev–Trinajstić information content (AvgIpc) is 3.27. The van der Waals surface area contributed by atoms with Crippen LogP contribution in [-0.4, -0.2) is 43.0 Å². The highest BCUT2D eigenvalue weighted by Crippen LogP contribution is 2.58. The molecule has 2 N–H and O–H groups in total. The minimum atomic E-state index is -4.89. The van der Waals surface area contributed by atoms with E-state index in [0.29, 0.717) is 16.2 Å². The van der Waals surface area contributed by atoms with Gasteiger partial charge in [0.2, 0.25) is 5.91 Å². The Balaban J connectivity index is 0.00000261. The van der Waals surface area contributed by atoms with Crippen LogP contribution in [0, 0.1) is 11.3 Å². The summed E-state index contributed by atoms with van der Waals surface area (Å²) in [7, 11) is 1.10. The first-order valence-corrected chi connectivity index (χ1v) is 8.64. The van der Waals surface area contributed by atoms with E-state index in [9.17, 15) is 22.8 Å². The molecule has 2 amide bonds. The summed E-state index contributed by atoms with van der Waals surface area (Å²) < 4.78 is 37.4. The second-order valence-corrected chi connectivity index (χ2v) is 7.22. The molecule has 27 heavy (non-hydrogen) atoms. The van der Waals surface area contributed by atoms with E-state index in [-0.39, 0.29) is 36.2 Å². The van der Waals surface area contributed by atoms with Crippen molar-refractivity contribution in [2.24, 2.45) is 11.3 Å². The third-order valence-corrected chi connectivity index (χ3v) is 5.31. The highest BCUT2D eigenvalue weighted by molar-refractivity contribution is 5.95. The molecule has 1 saturated heterocycles. The smallest absolute Gasteiger partial charge is 0.334 e. The first kappa shape index (κ1) is 21.5. The number of nitrogens with zero attached hydrogens (tertiary/aromatic N) is 1. The Morgan fingerprint density at radius 3 is 2.59 bits per heavy atom. The Morgan fingerprint density at radius 1 is 1.30 bits per heavy atom. The summed E-state index contributed by atoms with van der Waals surface area (Å²) in [5.41, 5.74) is 1.18. The molecule has 1 aromatic carbocycles. The summed E-state index contributed by atoms with van der Waals surface area (Å²) in [6, 6.07) is 6.59. The molecule has 9 heteroatoms. The van der Waals surface area contributed by atoms with Gasteiger partial charge >= 0.3 is 12.1 Å². The molecule has 0 aromatic heterocycles. The van der Waals surface area contributed by atoms with Gasteiger partial charge in [0.25, 0.3) is 0 Å². The van der Waals surface area contributed by atoms with Crippen LogP contribution in [0.4, 0.5) is 18.9 Å². The summed E-state index contributed by atoms with van der Waals surface area (Å²) >= 11 is 0. The van der Waals surface area contributed by atoms with E-state index in [1.54, 1.807) is 24.3 Å². The second kappa shape index (κ2) is 8.06. The van der Waals surface area contributed by atoms with Crippen molar-refractivity contribution in [1.82, 2.24) is 10.2 Å². The molecule has 150 valence electrons. The summed E-state index contributed by atoms with van der Waals surface area (Å²) in [6.45, 7) is 1.68. The number of hydrogen-bond acceptors (Lipinski definition) is 3. The first-order chi connectivity index (χ1) is 12.2. The monoisotopic (exact) mass is 405 g/mol. The molecule has 2 aliphatic rings.